The van der Waals surface area contributed by atoms with Crippen LogP contribution < -0.4 is 5.32 Å². The Hall–Kier alpha value is -2.61. The number of hydrogen-bond acceptors (Lipinski definition) is 4. The highest BCUT2D eigenvalue weighted by Crippen LogP contribution is 2.15. The Bertz CT molecular complexity index is 681. The van der Waals surface area contributed by atoms with Crippen molar-refractivity contribution in [2.24, 2.45) is 5.92 Å². The van der Waals surface area contributed by atoms with Crippen molar-refractivity contribution in [1.82, 2.24) is 5.32 Å². The molecule has 1 N–H and O–H groups in total. The van der Waals surface area contributed by atoms with Crippen LogP contribution in [-0.2, 0) is 14.3 Å². The van der Waals surface area contributed by atoms with Crippen molar-refractivity contribution in [3.8, 4) is 6.07 Å². The molecule has 0 aliphatic carbocycles. The van der Waals surface area contributed by atoms with Crippen LogP contribution in [-0.4, -0.2) is 23.5 Å². The zero-order valence-electron chi connectivity index (χ0n) is 15.5. The van der Waals surface area contributed by atoms with Crippen LogP contribution in [0.3, 0.4) is 0 Å². The van der Waals surface area contributed by atoms with Crippen molar-refractivity contribution in [3.63, 3.8) is 0 Å². The van der Waals surface area contributed by atoms with Crippen LogP contribution in [0.5, 0.6) is 0 Å². The van der Waals surface area contributed by atoms with Gasteiger partial charge in [-0.1, -0.05) is 32.4 Å². The lowest BCUT2D eigenvalue weighted by molar-refractivity contribution is -0.159. The number of esters is 1. The number of rotatable bonds is 6. The molecule has 0 saturated carbocycles. The van der Waals surface area contributed by atoms with Crippen molar-refractivity contribution < 1.29 is 14.3 Å². The summed E-state index contributed by atoms with van der Waals surface area (Å²) in [5.74, 6) is -0.859. The van der Waals surface area contributed by atoms with E-state index in [4.69, 9.17) is 10.00 Å². The average Bonchev–Trinajstić information content (AvgIpc) is 2.55. The smallest absolute Gasteiger partial charge is 0.329 e. The van der Waals surface area contributed by atoms with E-state index in [0.29, 0.717) is 5.56 Å². The van der Waals surface area contributed by atoms with Gasteiger partial charge in [-0.2, -0.15) is 5.26 Å². The molecular weight excluding hydrogens is 316 g/mol. The Morgan fingerprint density at radius 2 is 2.04 bits per heavy atom. The minimum absolute atomic E-state index is 0.0471. The molecule has 5 nitrogen and oxygen atoms in total. The fourth-order valence-electron chi connectivity index (χ4n) is 2.12. The first kappa shape index (κ1) is 20.4. The number of hydrogen-bond donors (Lipinski definition) is 1. The van der Waals surface area contributed by atoms with Crippen LogP contribution in [0.2, 0.25) is 0 Å². The summed E-state index contributed by atoms with van der Waals surface area (Å²) in [6, 6.07) is 8.27. The van der Waals surface area contributed by atoms with Gasteiger partial charge in [0.25, 0.3) is 0 Å². The Labute approximate surface area is 149 Å². The summed E-state index contributed by atoms with van der Waals surface area (Å²) in [6.07, 6.45) is 3.70. The van der Waals surface area contributed by atoms with E-state index in [1.165, 1.54) is 6.08 Å². The van der Waals surface area contributed by atoms with E-state index in [9.17, 15) is 9.59 Å². The Kier molecular flexibility index (Phi) is 7.38. The summed E-state index contributed by atoms with van der Waals surface area (Å²) in [7, 11) is 0. The SMILES string of the molecule is CC[C@H](C)[C@H](NC(=O)/C=C/c1cccc(C#N)c1)C(=O)OC(C)(C)C. The van der Waals surface area contributed by atoms with Crippen molar-refractivity contribution in [3.05, 3.63) is 41.5 Å². The molecule has 1 aromatic rings. The number of carbonyl (C=O) groups is 2. The molecule has 0 aromatic heterocycles. The maximum atomic E-state index is 12.4. The molecular formula is C20H26N2O3. The van der Waals surface area contributed by atoms with Gasteiger partial charge in [-0.15, -0.1) is 0 Å². The first-order valence-electron chi connectivity index (χ1n) is 8.38. The molecule has 0 radical (unpaired) electrons. The number of nitriles is 1. The average molecular weight is 342 g/mol. The highest BCUT2D eigenvalue weighted by Gasteiger charge is 2.29. The Morgan fingerprint density at radius 1 is 1.36 bits per heavy atom. The molecule has 5 heteroatoms. The summed E-state index contributed by atoms with van der Waals surface area (Å²) in [6.45, 7) is 9.24. The lowest BCUT2D eigenvalue weighted by Crippen LogP contribution is -2.47. The van der Waals surface area contributed by atoms with Crippen LogP contribution in [0.4, 0.5) is 0 Å². The number of benzene rings is 1. The second-order valence-corrected chi connectivity index (χ2v) is 6.98. The van der Waals surface area contributed by atoms with Crippen molar-refractivity contribution in [2.75, 3.05) is 0 Å². The zero-order chi connectivity index (χ0) is 19.0. The van der Waals surface area contributed by atoms with Crippen LogP contribution in [0, 0.1) is 17.2 Å². The highest BCUT2D eigenvalue weighted by molar-refractivity contribution is 5.94. The van der Waals surface area contributed by atoms with Gasteiger partial charge in [-0.3, -0.25) is 4.79 Å². The van der Waals surface area contributed by atoms with Gasteiger partial charge in [-0.25, -0.2) is 4.79 Å². The number of nitrogens with one attached hydrogen (secondary N) is 1. The van der Waals surface area contributed by atoms with Crippen LogP contribution >= 0.6 is 0 Å². The summed E-state index contributed by atoms with van der Waals surface area (Å²) >= 11 is 0. The molecule has 0 saturated heterocycles. The molecule has 0 aliphatic rings. The summed E-state index contributed by atoms with van der Waals surface area (Å²) in [4.78, 5) is 24.6. The Balaban J connectivity index is 2.82. The van der Waals surface area contributed by atoms with Gasteiger partial charge in [0.05, 0.1) is 11.6 Å². The molecule has 0 spiro atoms. The van der Waals surface area contributed by atoms with Gasteiger partial charge in [-0.05, 0) is 50.5 Å². The van der Waals surface area contributed by atoms with Crippen molar-refractivity contribution >= 4 is 18.0 Å². The maximum absolute atomic E-state index is 12.4. The molecule has 1 amide bonds. The van der Waals surface area contributed by atoms with Crippen LogP contribution in [0.25, 0.3) is 6.08 Å². The van der Waals surface area contributed by atoms with Gasteiger partial charge in [0.15, 0.2) is 0 Å². The largest absolute Gasteiger partial charge is 0.458 e. The molecule has 1 rings (SSSR count). The monoisotopic (exact) mass is 342 g/mol. The predicted octanol–water partition coefficient (Wildman–Crippen LogP) is 3.44. The highest BCUT2D eigenvalue weighted by atomic mass is 16.6. The first-order valence-corrected chi connectivity index (χ1v) is 8.38. The summed E-state index contributed by atoms with van der Waals surface area (Å²) in [5.41, 5.74) is 0.654. The van der Waals surface area contributed by atoms with E-state index in [1.807, 2.05) is 13.8 Å². The second kappa shape index (κ2) is 9.03. The third kappa shape index (κ3) is 7.21. The molecule has 0 unspecified atom stereocenters. The van der Waals surface area contributed by atoms with Crippen LogP contribution in [0.1, 0.15) is 52.2 Å². The minimum Gasteiger partial charge on any atom is -0.458 e. The van der Waals surface area contributed by atoms with E-state index in [1.54, 1.807) is 51.1 Å². The standard InChI is InChI=1S/C20H26N2O3/c1-6-14(2)18(19(24)25-20(3,4)5)22-17(23)11-10-15-8-7-9-16(12-15)13-21/h7-12,14,18H,6H2,1-5H3,(H,22,23)/b11-10+/t14-,18-/m0/s1. The van der Waals surface area contributed by atoms with E-state index in [-0.39, 0.29) is 11.8 Å². The third-order valence-corrected chi connectivity index (χ3v) is 3.61. The zero-order valence-corrected chi connectivity index (χ0v) is 15.5. The third-order valence-electron chi connectivity index (χ3n) is 3.61. The van der Waals surface area contributed by atoms with Crippen molar-refractivity contribution in [2.45, 2.75) is 52.7 Å². The van der Waals surface area contributed by atoms with Crippen LogP contribution in [0.15, 0.2) is 30.3 Å². The number of nitrogens with zero attached hydrogens (tertiary/aromatic N) is 1. The lowest BCUT2D eigenvalue weighted by atomic mass is 9.98. The first-order chi connectivity index (χ1) is 11.7. The predicted molar refractivity (Wildman–Crippen MR) is 97.4 cm³/mol. The quantitative estimate of drug-likeness (QED) is 0.634. The fourth-order valence-corrected chi connectivity index (χ4v) is 2.12. The van der Waals surface area contributed by atoms with Gasteiger partial charge in [0.1, 0.15) is 11.6 Å². The molecule has 25 heavy (non-hydrogen) atoms. The molecule has 0 heterocycles. The number of ether oxygens (including phenoxy) is 1. The number of carbonyl (C=O) groups excluding carboxylic acids is 2. The maximum Gasteiger partial charge on any atom is 0.329 e. The molecule has 2 atom stereocenters. The minimum atomic E-state index is -0.702. The summed E-state index contributed by atoms with van der Waals surface area (Å²) in [5, 5.41) is 11.6. The topological polar surface area (TPSA) is 79.2 Å². The van der Waals surface area contributed by atoms with Gasteiger partial charge >= 0.3 is 5.97 Å². The summed E-state index contributed by atoms with van der Waals surface area (Å²) < 4.78 is 5.40. The molecule has 0 bridgehead atoms. The van der Waals surface area contributed by atoms with Gasteiger partial charge in [0, 0.05) is 6.08 Å². The molecule has 134 valence electrons. The second-order valence-electron chi connectivity index (χ2n) is 6.98. The van der Waals surface area contributed by atoms with Gasteiger partial charge < -0.3 is 10.1 Å². The van der Waals surface area contributed by atoms with E-state index < -0.39 is 17.6 Å². The fraction of sp³-hybridized carbons (Fsp3) is 0.450. The van der Waals surface area contributed by atoms with E-state index in [2.05, 4.69) is 11.4 Å². The Morgan fingerprint density at radius 3 is 2.60 bits per heavy atom. The molecule has 0 fully saturated rings. The lowest BCUT2D eigenvalue weighted by Gasteiger charge is -2.27. The molecule has 0 aliphatic heterocycles. The molecule has 1 aromatic carbocycles. The van der Waals surface area contributed by atoms with E-state index >= 15 is 0 Å². The van der Waals surface area contributed by atoms with E-state index in [0.717, 1.165) is 12.0 Å². The van der Waals surface area contributed by atoms with Crippen molar-refractivity contribution in [1.29, 1.82) is 5.26 Å². The number of amides is 1. The van der Waals surface area contributed by atoms with Gasteiger partial charge in [0.2, 0.25) is 5.91 Å². The normalized spacial score (nSPS) is 13.8.